The number of pyridine rings is 1. The predicted molar refractivity (Wildman–Crippen MR) is 70.3 cm³/mol. The molecular formula is C12H18N4O2. The lowest BCUT2D eigenvalue weighted by molar-refractivity contribution is -0.384. The molecule has 1 aromatic heterocycles. The predicted octanol–water partition coefficient (Wildman–Crippen LogP) is 2.56. The smallest absolute Gasteiger partial charge is 0.311 e. The number of rotatable bonds is 3. The van der Waals surface area contributed by atoms with Gasteiger partial charge in [-0.05, 0) is 24.3 Å². The van der Waals surface area contributed by atoms with Gasteiger partial charge in [-0.25, -0.2) is 4.98 Å². The highest BCUT2D eigenvalue weighted by molar-refractivity contribution is 5.57. The first-order chi connectivity index (χ1) is 8.40. The van der Waals surface area contributed by atoms with E-state index in [1.54, 1.807) is 6.07 Å². The van der Waals surface area contributed by atoms with Crippen LogP contribution in [0.2, 0.25) is 0 Å². The molecule has 6 nitrogen and oxygen atoms in total. The molecule has 98 valence electrons. The van der Waals surface area contributed by atoms with Crippen LogP contribution in [0.15, 0.2) is 12.1 Å². The van der Waals surface area contributed by atoms with Crippen molar-refractivity contribution in [3.8, 4) is 0 Å². The number of nitrogens with one attached hydrogen (secondary N) is 1. The highest BCUT2D eigenvalue weighted by Crippen LogP contribution is 2.39. The van der Waals surface area contributed by atoms with Crippen LogP contribution in [0, 0.1) is 15.5 Å². The van der Waals surface area contributed by atoms with Crippen molar-refractivity contribution in [1.29, 1.82) is 0 Å². The Kier molecular flexibility index (Phi) is 3.11. The molecule has 18 heavy (non-hydrogen) atoms. The van der Waals surface area contributed by atoms with Crippen molar-refractivity contribution in [1.82, 2.24) is 4.98 Å². The Hall–Kier alpha value is -1.85. The molecule has 1 aliphatic rings. The van der Waals surface area contributed by atoms with E-state index >= 15 is 0 Å². The molecule has 0 amide bonds. The summed E-state index contributed by atoms with van der Waals surface area (Å²) in [6.07, 6.45) is 3.45. The highest BCUT2D eigenvalue weighted by Gasteiger charge is 2.34. The molecule has 0 aliphatic heterocycles. The van der Waals surface area contributed by atoms with Crippen LogP contribution in [0.4, 0.5) is 17.3 Å². The van der Waals surface area contributed by atoms with Gasteiger partial charge in [0.15, 0.2) is 0 Å². The monoisotopic (exact) mass is 250 g/mol. The number of aromatic nitrogens is 1. The van der Waals surface area contributed by atoms with Crippen LogP contribution in [0.1, 0.15) is 33.1 Å². The van der Waals surface area contributed by atoms with Crippen LogP contribution >= 0.6 is 0 Å². The van der Waals surface area contributed by atoms with Crippen LogP contribution in [0.5, 0.6) is 0 Å². The quantitative estimate of drug-likeness (QED) is 0.635. The van der Waals surface area contributed by atoms with Crippen LogP contribution in [0.25, 0.3) is 0 Å². The molecule has 1 atom stereocenters. The zero-order valence-corrected chi connectivity index (χ0v) is 10.6. The molecule has 1 saturated carbocycles. The zero-order valence-electron chi connectivity index (χ0n) is 10.6. The van der Waals surface area contributed by atoms with Gasteiger partial charge in [0.05, 0.1) is 4.92 Å². The van der Waals surface area contributed by atoms with Crippen molar-refractivity contribution < 1.29 is 4.92 Å². The molecular weight excluding hydrogens is 232 g/mol. The lowest BCUT2D eigenvalue weighted by Gasteiger charge is -2.28. The van der Waals surface area contributed by atoms with Crippen LogP contribution in [0.3, 0.4) is 0 Å². The minimum absolute atomic E-state index is 0.0409. The maximum atomic E-state index is 10.6. The van der Waals surface area contributed by atoms with Gasteiger partial charge in [-0.2, -0.15) is 0 Å². The van der Waals surface area contributed by atoms with Gasteiger partial charge in [-0.15, -0.1) is 0 Å². The van der Waals surface area contributed by atoms with Gasteiger partial charge < -0.3 is 11.1 Å². The van der Waals surface area contributed by atoms with Crippen LogP contribution in [-0.4, -0.2) is 15.9 Å². The molecule has 0 bridgehead atoms. The average molecular weight is 250 g/mol. The van der Waals surface area contributed by atoms with Crippen molar-refractivity contribution in [3.63, 3.8) is 0 Å². The number of nitrogens with zero attached hydrogens (tertiary/aromatic N) is 2. The van der Waals surface area contributed by atoms with E-state index in [0.717, 1.165) is 6.42 Å². The van der Waals surface area contributed by atoms with Gasteiger partial charge in [0.25, 0.3) is 0 Å². The zero-order chi connectivity index (χ0) is 13.3. The molecule has 0 spiro atoms. The molecule has 0 radical (unpaired) electrons. The first-order valence-electron chi connectivity index (χ1n) is 6.07. The van der Waals surface area contributed by atoms with E-state index < -0.39 is 4.92 Å². The summed E-state index contributed by atoms with van der Waals surface area (Å²) in [6.45, 7) is 4.43. The molecule has 0 aromatic carbocycles. The molecule has 6 heteroatoms. The summed E-state index contributed by atoms with van der Waals surface area (Å²) in [4.78, 5) is 14.2. The highest BCUT2D eigenvalue weighted by atomic mass is 16.6. The van der Waals surface area contributed by atoms with E-state index in [0.29, 0.717) is 11.9 Å². The van der Waals surface area contributed by atoms with Gasteiger partial charge >= 0.3 is 5.69 Å². The summed E-state index contributed by atoms with van der Waals surface area (Å²) < 4.78 is 0. The first kappa shape index (κ1) is 12.6. The fourth-order valence-corrected chi connectivity index (χ4v) is 2.48. The summed E-state index contributed by atoms with van der Waals surface area (Å²) in [5.74, 6) is 0.568. The van der Waals surface area contributed by atoms with E-state index in [9.17, 15) is 10.1 Å². The number of nitro groups is 1. The topological polar surface area (TPSA) is 94.1 Å². The number of nitrogens with two attached hydrogens (primary N) is 1. The fraction of sp³-hybridized carbons (Fsp3) is 0.583. The van der Waals surface area contributed by atoms with Gasteiger partial charge in [0.2, 0.25) is 5.82 Å². The molecule has 1 fully saturated rings. The fourth-order valence-electron chi connectivity index (χ4n) is 2.48. The largest absolute Gasteiger partial charge is 0.378 e. The summed E-state index contributed by atoms with van der Waals surface area (Å²) in [7, 11) is 0. The minimum Gasteiger partial charge on any atom is -0.378 e. The Balaban J connectivity index is 2.16. The summed E-state index contributed by atoms with van der Waals surface area (Å²) >= 11 is 0. The average Bonchev–Trinajstić information content (AvgIpc) is 2.58. The molecule has 1 unspecified atom stereocenters. The van der Waals surface area contributed by atoms with Gasteiger partial charge in [0, 0.05) is 12.1 Å². The maximum absolute atomic E-state index is 10.6. The maximum Gasteiger partial charge on any atom is 0.311 e. The van der Waals surface area contributed by atoms with E-state index in [2.05, 4.69) is 24.1 Å². The number of hydrogen-bond donors (Lipinski definition) is 2. The van der Waals surface area contributed by atoms with Gasteiger partial charge in [-0.1, -0.05) is 20.3 Å². The molecule has 3 N–H and O–H groups in total. The summed E-state index contributed by atoms with van der Waals surface area (Å²) in [5.41, 5.74) is 5.64. The van der Waals surface area contributed by atoms with Crippen molar-refractivity contribution in [2.75, 3.05) is 11.1 Å². The minimum atomic E-state index is -0.522. The second-order valence-electron chi connectivity index (χ2n) is 5.44. The van der Waals surface area contributed by atoms with Crippen molar-refractivity contribution in [3.05, 3.63) is 22.2 Å². The summed E-state index contributed by atoms with van der Waals surface area (Å²) in [5, 5.41) is 14.0. The standard InChI is InChI=1S/C12H18N4O2/c1-12(2)7-3-4-9(12)14-10-6-5-8(16(17)18)11(13)15-10/h5-6,9H,3-4,7H2,1-2H3,(H3,13,14,15). The Morgan fingerprint density at radius 3 is 2.78 bits per heavy atom. The summed E-state index contributed by atoms with van der Waals surface area (Å²) in [6, 6.07) is 3.35. The Labute approximate surface area is 106 Å². The Morgan fingerprint density at radius 1 is 1.56 bits per heavy atom. The number of anilines is 2. The lowest BCUT2D eigenvalue weighted by Crippen LogP contribution is -2.31. The lowest BCUT2D eigenvalue weighted by atomic mass is 9.87. The number of nitrogen functional groups attached to an aromatic ring is 1. The van der Waals surface area contributed by atoms with Crippen molar-refractivity contribution >= 4 is 17.3 Å². The SMILES string of the molecule is CC1(C)CCCC1Nc1ccc([N+](=O)[O-])c(N)n1. The third-order valence-electron chi connectivity index (χ3n) is 3.68. The molecule has 1 heterocycles. The third kappa shape index (κ3) is 2.37. The second-order valence-corrected chi connectivity index (χ2v) is 5.44. The van der Waals surface area contributed by atoms with E-state index in [1.165, 1.54) is 18.9 Å². The van der Waals surface area contributed by atoms with E-state index in [4.69, 9.17) is 5.73 Å². The van der Waals surface area contributed by atoms with Crippen LogP contribution < -0.4 is 11.1 Å². The van der Waals surface area contributed by atoms with E-state index in [1.807, 2.05) is 0 Å². The second kappa shape index (κ2) is 4.44. The van der Waals surface area contributed by atoms with Crippen molar-refractivity contribution in [2.24, 2.45) is 5.41 Å². The molecule has 2 rings (SSSR count). The van der Waals surface area contributed by atoms with Crippen molar-refractivity contribution in [2.45, 2.75) is 39.2 Å². The molecule has 1 aromatic rings. The Bertz CT molecular complexity index is 473. The van der Waals surface area contributed by atoms with Gasteiger partial charge in [-0.3, -0.25) is 10.1 Å². The van der Waals surface area contributed by atoms with Crippen LogP contribution in [-0.2, 0) is 0 Å². The van der Waals surface area contributed by atoms with E-state index in [-0.39, 0.29) is 16.9 Å². The normalized spacial score (nSPS) is 21.8. The molecule has 1 aliphatic carbocycles. The molecule has 0 saturated heterocycles. The Morgan fingerprint density at radius 2 is 2.28 bits per heavy atom. The first-order valence-corrected chi connectivity index (χ1v) is 6.07. The third-order valence-corrected chi connectivity index (χ3v) is 3.68. The number of hydrogen-bond acceptors (Lipinski definition) is 5. The van der Waals surface area contributed by atoms with Gasteiger partial charge in [0.1, 0.15) is 5.82 Å².